The summed E-state index contributed by atoms with van der Waals surface area (Å²) in [6.45, 7) is 0.903. The molecule has 1 N–H and O–H groups in total. The number of aliphatic hydroxyl groups is 1. The topological polar surface area (TPSA) is 36.6 Å². The molecule has 1 heterocycles. The van der Waals surface area contributed by atoms with E-state index in [1.807, 2.05) is 37.4 Å². The Kier molecular flexibility index (Phi) is 3.27. The van der Waals surface area contributed by atoms with Gasteiger partial charge >= 0.3 is 0 Å². The molecule has 0 atom stereocenters. The van der Waals surface area contributed by atoms with E-state index in [2.05, 4.69) is 4.90 Å². The van der Waals surface area contributed by atoms with Gasteiger partial charge in [0.15, 0.2) is 0 Å². The number of aliphatic hydroxyl groups excluding tert-OH is 1. The van der Waals surface area contributed by atoms with Gasteiger partial charge in [-0.2, -0.15) is 0 Å². The molecular weight excluding hydrogens is 202 g/mol. The average Bonchev–Trinajstić information content (AvgIpc) is 2.82. The lowest BCUT2D eigenvalue weighted by atomic mass is 10.2. The Labute approximate surface area is 94.9 Å². The predicted octanol–water partition coefficient (Wildman–Crippen LogP) is 2.41. The highest BCUT2D eigenvalue weighted by molar-refractivity contribution is 5.47. The minimum absolute atomic E-state index is 0.0890. The number of hydrogen-bond acceptors (Lipinski definition) is 3. The van der Waals surface area contributed by atoms with E-state index in [1.54, 1.807) is 12.5 Å². The smallest absolute Gasteiger partial charge is 0.0952 e. The van der Waals surface area contributed by atoms with Crippen LogP contribution in [0.25, 0.3) is 0 Å². The summed E-state index contributed by atoms with van der Waals surface area (Å²) in [5, 5.41) is 8.95. The van der Waals surface area contributed by atoms with Crippen LogP contribution in [0, 0.1) is 0 Å². The summed E-state index contributed by atoms with van der Waals surface area (Å²) in [7, 11) is 2.03. The summed E-state index contributed by atoms with van der Waals surface area (Å²) < 4.78 is 5.03. The molecule has 0 radical (unpaired) electrons. The lowest BCUT2D eigenvalue weighted by Gasteiger charge is -2.18. The molecule has 0 fully saturated rings. The standard InChI is InChI=1S/C13H15NO2/c1-14(8-12-6-7-16-10-12)13-4-2-11(9-15)3-5-13/h2-7,10,15H,8-9H2,1H3. The van der Waals surface area contributed by atoms with E-state index in [4.69, 9.17) is 9.52 Å². The molecule has 0 aliphatic heterocycles. The number of nitrogens with zero attached hydrogens (tertiary/aromatic N) is 1. The number of anilines is 1. The Morgan fingerprint density at radius 1 is 1.12 bits per heavy atom. The maximum absolute atomic E-state index is 8.95. The fourth-order valence-corrected chi connectivity index (χ4v) is 1.60. The van der Waals surface area contributed by atoms with Crippen molar-refractivity contribution in [1.82, 2.24) is 0 Å². The zero-order valence-electron chi connectivity index (χ0n) is 9.26. The summed E-state index contributed by atoms with van der Waals surface area (Å²) in [6, 6.07) is 9.83. The van der Waals surface area contributed by atoms with Crippen molar-refractivity contribution in [3.8, 4) is 0 Å². The van der Waals surface area contributed by atoms with Gasteiger partial charge in [0.2, 0.25) is 0 Å². The number of rotatable bonds is 4. The first-order valence-electron chi connectivity index (χ1n) is 5.21. The number of benzene rings is 1. The molecule has 0 saturated heterocycles. The van der Waals surface area contributed by atoms with Crippen LogP contribution in [0.4, 0.5) is 5.69 Å². The average molecular weight is 217 g/mol. The van der Waals surface area contributed by atoms with Gasteiger partial charge in [-0.25, -0.2) is 0 Å². The SMILES string of the molecule is CN(Cc1ccoc1)c1ccc(CO)cc1. The van der Waals surface area contributed by atoms with E-state index < -0.39 is 0 Å². The Morgan fingerprint density at radius 3 is 2.44 bits per heavy atom. The highest BCUT2D eigenvalue weighted by atomic mass is 16.3. The highest BCUT2D eigenvalue weighted by Gasteiger charge is 2.02. The zero-order valence-corrected chi connectivity index (χ0v) is 9.26. The molecule has 2 aromatic rings. The van der Waals surface area contributed by atoms with E-state index in [-0.39, 0.29) is 6.61 Å². The predicted molar refractivity (Wildman–Crippen MR) is 63.2 cm³/mol. The summed E-state index contributed by atoms with van der Waals surface area (Å²) in [4.78, 5) is 2.13. The van der Waals surface area contributed by atoms with Crippen molar-refractivity contribution in [2.24, 2.45) is 0 Å². The van der Waals surface area contributed by atoms with Gasteiger partial charge in [0.25, 0.3) is 0 Å². The maximum Gasteiger partial charge on any atom is 0.0952 e. The van der Waals surface area contributed by atoms with Crippen LogP contribution in [0.1, 0.15) is 11.1 Å². The van der Waals surface area contributed by atoms with Gasteiger partial charge in [0.05, 0.1) is 19.1 Å². The van der Waals surface area contributed by atoms with Crippen LogP contribution >= 0.6 is 0 Å². The molecule has 0 bridgehead atoms. The number of hydrogen-bond donors (Lipinski definition) is 1. The van der Waals surface area contributed by atoms with Crippen molar-refractivity contribution in [2.45, 2.75) is 13.2 Å². The molecule has 0 unspecified atom stereocenters. The molecule has 0 amide bonds. The second-order valence-corrected chi connectivity index (χ2v) is 3.81. The molecule has 84 valence electrons. The van der Waals surface area contributed by atoms with Gasteiger partial charge in [0.1, 0.15) is 0 Å². The van der Waals surface area contributed by atoms with E-state index >= 15 is 0 Å². The minimum atomic E-state index is 0.0890. The van der Waals surface area contributed by atoms with Gasteiger partial charge in [0, 0.05) is 24.8 Å². The first-order chi connectivity index (χ1) is 7.79. The molecule has 3 nitrogen and oxygen atoms in total. The quantitative estimate of drug-likeness (QED) is 0.854. The summed E-state index contributed by atoms with van der Waals surface area (Å²) in [5.74, 6) is 0. The van der Waals surface area contributed by atoms with E-state index in [0.29, 0.717) is 0 Å². The third-order valence-electron chi connectivity index (χ3n) is 2.56. The third kappa shape index (κ3) is 2.44. The van der Waals surface area contributed by atoms with Crippen molar-refractivity contribution in [1.29, 1.82) is 0 Å². The fourth-order valence-electron chi connectivity index (χ4n) is 1.60. The number of furan rings is 1. The molecule has 0 spiro atoms. The molecule has 0 aliphatic rings. The Bertz CT molecular complexity index is 420. The van der Waals surface area contributed by atoms with Crippen molar-refractivity contribution in [3.63, 3.8) is 0 Å². The third-order valence-corrected chi connectivity index (χ3v) is 2.56. The Morgan fingerprint density at radius 2 is 1.88 bits per heavy atom. The summed E-state index contributed by atoms with van der Waals surface area (Å²) in [5.41, 5.74) is 3.20. The summed E-state index contributed by atoms with van der Waals surface area (Å²) >= 11 is 0. The van der Waals surface area contributed by atoms with Crippen LogP contribution in [0.5, 0.6) is 0 Å². The largest absolute Gasteiger partial charge is 0.472 e. The van der Waals surface area contributed by atoms with Crippen molar-refractivity contribution >= 4 is 5.69 Å². The molecule has 0 saturated carbocycles. The van der Waals surface area contributed by atoms with Gasteiger partial charge in [-0.15, -0.1) is 0 Å². The minimum Gasteiger partial charge on any atom is -0.472 e. The van der Waals surface area contributed by atoms with Gasteiger partial charge in [-0.3, -0.25) is 0 Å². The monoisotopic (exact) mass is 217 g/mol. The second kappa shape index (κ2) is 4.86. The molecule has 3 heteroatoms. The Hall–Kier alpha value is -1.74. The van der Waals surface area contributed by atoms with Gasteiger partial charge in [-0.05, 0) is 23.8 Å². The molecular formula is C13H15NO2. The van der Waals surface area contributed by atoms with E-state index in [0.717, 1.165) is 23.4 Å². The van der Waals surface area contributed by atoms with Gasteiger partial charge < -0.3 is 14.4 Å². The lowest BCUT2D eigenvalue weighted by molar-refractivity contribution is 0.282. The van der Waals surface area contributed by atoms with Crippen LogP contribution in [-0.2, 0) is 13.2 Å². The first kappa shape index (κ1) is 10.8. The fraction of sp³-hybridized carbons (Fsp3) is 0.231. The maximum atomic E-state index is 8.95. The van der Waals surface area contributed by atoms with Crippen molar-refractivity contribution in [3.05, 3.63) is 54.0 Å². The molecule has 16 heavy (non-hydrogen) atoms. The molecule has 2 rings (SSSR count). The van der Waals surface area contributed by atoms with Crippen LogP contribution in [0.2, 0.25) is 0 Å². The van der Waals surface area contributed by atoms with Crippen LogP contribution < -0.4 is 4.90 Å². The molecule has 1 aromatic carbocycles. The van der Waals surface area contributed by atoms with Crippen LogP contribution in [-0.4, -0.2) is 12.2 Å². The van der Waals surface area contributed by atoms with Crippen LogP contribution in [0.3, 0.4) is 0 Å². The molecule has 0 aliphatic carbocycles. The summed E-state index contributed by atoms with van der Waals surface area (Å²) in [6.07, 6.45) is 3.43. The van der Waals surface area contributed by atoms with Crippen molar-refractivity contribution in [2.75, 3.05) is 11.9 Å². The van der Waals surface area contributed by atoms with E-state index in [1.165, 1.54) is 0 Å². The normalized spacial score (nSPS) is 10.4. The second-order valence-electron chi connectivity index (χ2n) is 3.81. The van der Waals surface area contributed by atoms with Crippen molar-refractivity contribution < 1.29 is 9.52 Å². The van der Waals surface area contributed by atoms with Crippen LogP contribution in [0.15, 0.2) is 47.3 Å². The Balaban J connectivity index is 2.05. The lowest BCUT2D eigenvalue weighted by Crippen LogP contribution is -2.15. The highest BCUT2D eigenvalue weighted by Crippen LogP contribution is 2.16. The van der Waals surface area contributed by atoms with E-state index in [9.17, 15) is 0 Å². The first-order valence-corrected chi connectivity index (χ1v) is 5.21. The molecule has 1 aromatic heterocycles. The van der Waals surface area contributed by atoms with Gasteiger partial charge in [-0.1, -0.05) is 12.1 Å². The zero-order chi connectivity index (χ0) is 11.4.